The van der Waals surface area contributed by atoms with Crippen LogP contribution in [0.1, 0.15) is 19.4 Å². The summed E-state index contributed by atoms with van der Waals surface area (Å²) in [5, 5.41) is 0. The molecule has 0 N–H and O–H groups in total. The Balaban J connectivity index is 2.33. The van der Waals surface area contributed by atoms with E-state index in [2.05, 4.69) is 30.9 Å². The quantitative estimate of drug-likeness (QED) is 0.583. The van der Waals surface area contributed by atoms with Gasteiger partial charge in [-0.3, -0.25) is 4.98 Å². The van der Waals surface area contributed by atoms with E-state index in [0.29, 0.717) is 10.7 Å². The molecule has 3 rings (SSSR count). The predicted octanol–water partition coefficient (Wildman–Crippen LogP) is 4.09. The molecule has 3 aromatic rings. The molecule has 0 saturated carbocycles. The molecule has 6 nitrogen and oxygen atoms in total. The normalized spacial score (nSPS) is 12.7. The van der Waals surface area contributed by atoms with E-state index >= 15 is 0 Å². The van der Waals surface area contributed by atoms with Crippen molar-refractivity contribution in [3.05, 3.63) is 34.6 Å². The van der Waals surface area contributed by atoms with Crippen LogP contribution in [0.5, 0.6) is 0 Å². The van der Waals surface area contributed by atoms with Crippen LogP contribution in [0.25, 0.3) is 22.7 Å². The molecule has 0 fully saturated rings. The number of rotatable bonds is 4. The Labute approximate surface area is 161 Å². The van der Waals surface area contributed by atoms with Crippen molar-refractivity contribution in [3.63, 3.8) is 0 Å². The van der Waals surface area contributed by atoms with Crippen molar-refractivity contribution < 1.29 is 21.6 Å². The fourth-order valence-electron chi connectivity index (χ4n) is 2.64. The number of hydrogen-bond acceptors (Lipinski definition) is 5. The van der Waals surface area contributed by atoms with Crippen LogP contribution < -0.4 is 0 Å². The molecule has 0 atom stereocenters. The van der Waals surface area contributed by atoms with Crippen LogP contribution in [-0.4, -0.2) is 33.7 Å². The highest BCUT2D eigenvalue weighted by Crippen LogP contribution is 2.33. The molecule has 0 saturated heterocycles. The number of pyridine rings is 2. The Bertz CT molecular complexity index is 1130. The molecule has 27 heavy (non-hydrogen) atoms. The summed E-state index contributed by atoms with van der Waals surface area (Å²) in [5.74, 6) is -0.000114. The number of sulfone groups is 1. The SMILES string of the molecule is CCn1c(-c2ncc(Br)cc2S(=O)(=O)CC)nc2ncc(C(F)(F)F)cc21. The van der Waals surface area contributed by atoms with Gasteiger partial charge in [-0.2, -0.15) is 13.2 Å². The minimum atomic E-state index is -4.54. The summed E-state index contributed by atoms with van der Waals surface area (Å²) in [7, 11) is -3.64. The summed E-state index contributed by atoms with van der Waals surface area (Å²) in [6.45, 7) is 3.48. The van der Waals surface area contributed by atoms with Gasteiger partial charge >= 0.3 is 6.18 Å². The first-order valence-electron chi connectivity index (χ1n) is 7.90. The molecule has 0 unspecified atom stereocenters. The predicted molar refractivity (Wildman–Crippen MR) is 96.9 cm³/mol. The lowest BCUT2D eigenvalue weighted by molar-refractivity contribution is -0.137. The zero-order valence-corrected chi connectivity index (χ0v) is 16.7. The van der Waals surface area contributed by atoms with E-state index in [0.717, 1.165) is 6.07 Å². The summed E-state index contributed by atoms with van der Waals surface area (Å²) in [4.78, 5) is 12.2. The Kier molecular flexibility index (Phi) is 5.02. The van der Waals surface area contributed by atoms with Crippen LogP contribution in [-0.2, 0) is 22.6 Å². The summed E-state index contributed by atoms with van der Waals surface area (Å²) >= 11 is 3.20. The van der Waals surface area contributed by atoms with E-state index in [1.807, 2.05) is 0 Å². The van der Waals surface area contributed by atoms with Crippen LogP contribution in [0.3, 0.4) is 0 Å². The first-order valence-corrected chi connectivity index (χ1v) is 10.3. The molecule has 0 aromatic carbocycles. The molecule has 0 aliphatic carbocycles. The van der Waals surface area contributed by atoms with Gasteiger partial charge in [0.15, 0.2) is 21.3 Å². The van der Waals surface area contributed by atoms with E-state index in [4.69, 9.17) is 0 Å². The minimum absolute atomic E-state index is 0.0413. The van der Waals surface area contributed by atoms with E-state index < -0.39 is 21.6 Å². The first-order chi connectivity index (χ1) is 12.6. The van der Waals surface area contributed by atoms with Crippen molar-refractivity contribution in [2.45, 2.75) is 31.5 Å². The lowest BCUT2D eigenvalue weighted by Gasteiger charge is -2.11. The van der Waals surface area contributed by atoms with Crippen molar-refractivity contribution in [2.24, 2.45) is 0 Å². The van der Waals surface area contributed by atoms with Gasteiger partial charge in [-0.1, -0.05) is 6.92 Å². The van der Waals surface area contributed by atoms with Crippen molar-refractivity contribution in [3.8, 4) is 11.5 Å². The molecule has 0 radical (unpaired) electrons. The molecule has 0 amide bonds. The van der Waals surface area contributed by atoms with Gasteiger partial charge < -0.3 is 4.57 Å². The van der Waals surface area contributed by atoms with Crippen molar-refractivity contribution in [1.82, 2.24) is 19.5 Å². The number of aryl methyl sites for hydroxylation is 1. The topological polar surface area (TPSA) is 77.7 Å². The molecule has 3 aromatic heterocycles. The van der Waals surface area contributed by atoms with Gasteiger partial charge in [0.2, 0.25) is 0 Å². The third kappa shape index (κ3) is 3.57. The first kappa shape index (κ1) is 19.7. The highest BCUT2D eigenvalue weighted by molar-refractivity contribution is 9.10. The van der Waals surface area contributed by atoms with Crippen molar-refractivity contribution in [1.29, 1.82) is 0 Å². The Morgan fingerprint density at radius 2 is 1.85 bits per heavy atom. The fraction of sp³-hybridized carbons (Fsp3) is 0.312. The molecule has 0 aliphatic rings. The maximum atomic E-state index is 13.0. The maximum absolute atomic E-state index is 13.0. The molecule has 0 spiro atoms. The summed E-state index contributed by atoms with van der Waals surface area (Å²) in [6.07, 6.45) is -2.42. The highest BCUT2D eigenvalue weighted by Gasteiger charge is 2.32. The second kappa shape index (κ2) is 6.86. The molecular formula is C16H14BrF3N4O2S. The van der Waals surface area contributed by atoms with Gasteiger partial charge in [0, 0.05) is 23.4 Å². The van der Waals surface area contributed by atoms with Gasteiger partial charge in [-0.25, -0.2) is 18.4 Å². The van der Waals surface area contributed by atoms with Gasteiger partial charge in [0.25, 0.3) is 0 Å². The lowest BCUT2D eigenvalue weighted by Crippen LogP contribution is -2.09. The monoisotopic (exact) mass is 462 g/mol. The van der Waals surface area contributed by atoms with Gasteiger partial charge in [0.1, 0.15) is 5.69 Å². The summed E-state index contributed by atoms with van der Waals surface area (Å²) in [5.41, 5.74) is -0.578. The number of alkyl halides is 3. The Morgan fingerprint density at radius 3 is 2.44 bits per heavy atom. The Morgan fingerprint density at radius 1 is 1.15 bits per heavy atom. The third-order valence-electron chi connectivity index (χ3n) is 4.00. The zero-order valence-electron chi connectivity index (χ0n) is 14.2. The standard InChI is InChI=1S/C16H14BrF3N4O2S/c1-3-24-11-5-9(16(18,19)20)7-22-14(11)23-15(24)13-12(27(25,26)4-2)6-10(17)8-21-13/h5-8H,3-4H2,1-2H3. The van der Waals surface area contributed by atoms with E-state index in [-0.39, 0.29) is 39.9 Å². The Hall–Kier alpha value is -2.01. The largest absolute Gasteiger partial charge is 0.417 e. The molecular weight excluding hydrogens is 449 g/mol. The molecule has 11 heteroatoms. The summed E-state index contributed by atoms with van der Waals surface area (Å²) < 4.78 is 66.0. The molecule has 0 bridgehead atoms. The highest BCUT2D eigenvalue weighted by atomic mass is 79.9. The smallest absolute Gasteiger partial charge is 0.322 e. The second-order valence-electron chi connectivity index (χ2n) is 5.65. The van der Waals surface area contributed by atoms with E-state index in [9.17, 15) is 21.6 Å². The number of nitrogens with zero attached hydrogens (tertiary/aromatic N) is 4. The third-order valence-corrected chi connectivity index (χ3v) is 6.17. The van der Waals surface area contributed by atoms with Gasteiger partial charge in [-0.05, 0) is 35.0 Å². The zero-order chi connectivity index (χ0) is 20.0. The van der Waals surface area contributed by atoms with Crippen LogP contribution in [0.15, 0.2) is 33.9 Å². The number of fused-ring (bicyclic) bond motifs is 1. The average Bonchev–Trinajstić information content (AvgIpc) is 2.98. The van der Waals surface area contributed by atoms with E-state index in [1.165, 1.54) is 23.8 Å². The average molecular weight is 463 g/mol. The lowest BCUT2D eigenvalue weighted by atomic mass is 10.2. The van der Waals surface area contributed by atoms with Crippen molar-refractivity contribution >= 4 is 36.9 Å². The van der Waals surface area contributed by atoms with Crippen LogP contribution in [0.2, 0.25) is 0 Å². The van der Waals surface area contributed by atoms with E-state index in [1.54, 1.807) is 6.92 Å². The van der Waals surface area contributed by atoms with Crippen molar-refractivity contribution in [2.75, 3.05) is 5.75 Å². The second-order valence-corrected chi connectivity index (χ2v) is 8.81. The number of hydrogen-bond donors (Lipinski definition) is 0. The van der Waals surface area contributed by atoms with Gasteiger partial charge in [0.05, 0.1) is 21.7 Å². The number of halogens is 4. The van der Waals surface area contributed by atoms with Crippen LogP contribution in [0.4, 0.5) is 13.2 Å². The molecule has 144 valence electrons. The minimum Gasteiger partial charge on any atom is -0.322 e. The number of aromatic nitrogens is 4. The summed E-state index contributed by atoms with van der Waals surface area (Å²) in [6, 6.07) is 2.37. The van der Waals surface area contributed by atoms with Crippen LogP contribution in [0, 0.1) is 0 Å². The molecule has 0 aliphatic heterocycles. The fourth-order valence-corrected chi connectivity index (χ4v) is 4.18. The maximum Gasteiger partial charge on any atom is 0.417 e. The molecule has 3 heterocycles. The van der Waals surface area contributed by atoms with Gasteiger partial charge in [-0.15, -0.1) is 0 Å². The van der Waals surface area contributed by atoms with Crippen LogP contribution >= 0.6 is 15.9 Å². The number of imidazole rings is 1.